The SMILES string of the molecule is CCCCOc1ccc(C(=O)NCC(=O)NCc2ccc(S(=O)(=O)N(C)C)s2)cc1. The Morgan fingerprint density at radius 1 is 1.07 bits per heavy atom. The highest BCUT2D eigenvalue weighted by Crippen LogP contribution is 2.23. The first-order chi connectivity index (χ1) is 14.2. The Kier molecular flexibility index (Phi) is 8.82. The lowest BCUT2D eigenvalue weighted by atomic mass is 10.2. The standard InChI is InChI=1S/C20H27N3O5S2/c1-4-5-12-28-16-8-6-15(7-9-16)20(25)22-14-18(24)21-13-17-10-11-19(29-17)30(26,27)23(2)3/h6-11H,4-5,12-14H2,1-3H3,(H,21,24)(H,22,25). The topological polar surface area (TPSA) is 105 Å². The molecule has 2 aromatic rings. The van der Waals surface area contributed by atoms with Crippen molar-refractivity contribution in [2.24, 2.45) is 0 Å². The van der Waals surface area contributed by atoms with Gasteiger partial charge in [0, 0.05) is 24.5 Å². The average molecular weight is 454 g/mol. The van der Waals surface area contributed by atoms with Gasteiger partial charge in [-0.1, -0.05) is 13.3 Å². The van der Waals surface area contributed by atoms with Crippen molar-refractivity contribution in [2.75, 3.05) is 27.2 Å². The van der Waals surface area contributed by atoms with Crippen molar-refractivity contribution in [3.8, 4) is 5.75 Å². The van der Waals surface area contributed by atoms with Gasteiger partial charge in [-0.25, -0.2) is 12.7 Å². The van der Waals surface area contributed by atoms with Crippen LogP contribution in [0.1, 0.15) is 35.0 Å². The molecule has 10 heteroatoms. The van der Waals surface area contributed by atoms with Crippen molar-refractivity contribution in [3.05, 3.63) is 46.8 Å². The molecule has 164 valence electrons. The van der Waals surface area contributed by atoms with Gasteiger partial charge in [0.05, 0.1) is 19.7 Å². The molecule has 0 radical (unpaired) electrons. The van der Waals surface area contributed by atoms with Crippen molar-refractivity contribution in [1.29, 1.82) is 0 Å². The molecule has 2 rings (SSSR count). The van der Waals surface area contributed by atoms with Crippen LogP contribution in [0.15, 0.2) is 40.6 Å². The maximum atomic E-state index is 12.2. The fourth-order valence-electron chi connectivity index (χ4n) is 2.32. The van der Waals surface area contributed by atoms with Gasteiger partial charge in [0.15, 0.2) is 0 Å². The molecule has 1 heterocycles. The van der Waals surface area contributed by atoms with Crippen LogP contribution in [-0.2, 0) is 21.4 Å². The van der Waals surface area contributed by atoms with Gasteiger partial charge >= 0.3 is 0 Å². The number of carbonyl (C=O) groups excluding carboxylic acids is 2. The van der Waals surface area contributed by atoms with Crippen LogP contribution in [0.4, 0.5) is 0 Å². The zero-order valence-corrected chi connectivity index (χ0v) is 18.9. The van der Waals surface area contributed by atoms with E-state index in [2.05, 4.69) is 17.6 Å². The number of hydrogen-bond acceptors (Lipinski definition) is 6. The lowest BCUT2D eigenvalue weighted by molar-refractivity contribution is -0.120. The number of hydrogen-bond donors (Lipinski definition) is 2. The molecule has 0 aliphatic rings. The number of amides is 2. The quantitative estimate of drug-likeness (QED) is 0.508. The van der Waals surface area contributed by atoms with Crippen LogP contribution >= 0.6 is 11.3 Å². The van der Waals surface area contributed by atoms with Crippen LogP contribution in [0.2, 0.25) is 0 Å². The predicted octanol–water partition coefficient (Wildman–Crippen LogP) is 2.22. The summed E-state index contributed by atoms with van der Waals surface area (Å²) < 4.78 is 31.1. The first kappa shape index (κ1) is 23.8. The minimum Gasteiger partial charge on any atom is -0.494 e. The van der Waals surface area contributed by atoms with Crippen LogP contribution in [0.3, 0.4) is 0 Å². The summed E-state index contributed by atoms with van der Waals surface area (Å²) in [5.74, 6) is -0.0293. The molecule has 0 unspecified atom stereocenters. The second-order valence-electron chi connectivity index (χ2n) is 6.69. The highest BCUT2D eigenvalue weighted by Gasteiger charge is 2.19. The first-order valence-corrected chi connectivity index (χ1v) is 11.8. The third-order valence-corrected chi connectivity index (χ3v) is 7.49. The van der Waals surface area contributed by atoms with Gasteiger partial charge in [-0.05, 0) is 42.8 Å². The summed E-state index contributed by atoms with van der Waals surface area (Å²) in [5.41, 5.74) is 0.433. The van der Waals surface area contributed by atoms with Gasteiger partial charge in [-0.3, -0.25) is 9.59 Å². The van der Waals surface area contributed by atoms with Crippen molar-refractivity contribution in [3.63, 3.8) is 0 Å². The Morgan fingerprint density at radius 2 is 1.77 bits per heavy atom. The summed E-state index contributed by atoms with van der Waals surface area (Å²) in [6, 6.07) is 9.91. The van der Waals surface area contributed by atoms with Gasteiger partial charge in [0.2, 0.25) is 5.91 Å². The molecule has 1 aromatic carbocycles. The van der Waals surface area contributed by atoms with Crippen molar-refractivity contribution in [2.45, 2.75) is 30.5 Å². The van der Waals surface area contributed by atoms with Gasteiger partial charge in [-0.15, -0.1) is 11.3 Å². The third kappa shape index (κ3) is 6.82. The predicted molar refractivity (Wildman–Crippen MR) is 116 cm³/mol. The Bertz CT molecular complexity index is 953. The number of benzene rings is 1. The Morgan fingerprint density at radius 3 is 2.40 bits per heavy atom. The molecular formula is C20H27N3O5S2. The van der Waals surface area contributed by atoms with Gasteiger partial charge < -0.3 is 15.4 Å². The van der Waals surface area contributed by atoms with Crippen LogP contribution in [0.5, 0.6) is 5.75 Å². The number of nitrogens with one attached hydrogen (secondary N) is 2. The number of ether oxygens (including phenoxy) is 1. The number of unbranched alkanes of at least 4 members (excludes halogenated alkanes) is 1. The number of nitrogens with zero attached hydrogens (tertiary/aromatic N) is 1. The number of carbonyl (C=O) groups is 2. The third-order valence-electron chi connectivity index (χ3n) is 4.12. The molecule has 30 heavy (non-hydrogen) atoms. The van der Waals surface area contributed by atoms with Crippen LogP contribution in [-0.4, -0.2) is 51.8 Å². The van der Waals surface area contributed by atoms with E-state index in [1.165, 1.54) is 20.2 Å². The van der Waals surface area contributed by atoms with Crippen LogP contribution < -0.4 is 15.4 Å². The van der Waals surface area contributed by atoms with E-state index >= 15 is 0 Å². The lowest BCUT2D eigenvalue weighted by Crippen LogP contribution is -2.36. The Labute approximate surface area is 181 Å². The molecule has 2 amide bonds. The zero-order chi connectivity index (χ0) is 22.1. The van der Waals surface area contributed by atoms with Crippen molar-refractivity contribution in [1.82, 2.24) is 14.9 Å². The van der Waals surface area contributed by atoms with E-state index in [9.17, 15) is 18.0 Å². The minimum atomic E-state index is -3.48. The van der Waals surface area contributed by atoms with Gasteiger partial charge in [0.25, 0.3) is 15.9 Å². The molecule has 0 atom stereocenters. The fourth-order valence-corrected chi connectivity index (χ4v) is 4.78. The normalized spacial score (nSPS) is 11.3. The van der Waals surface area contributed by atoms with E-state index in [1.54, 1.807) is 30.3 Å². The van der Waals surface area contributed by atoms with E-state index in [-0.39, 0.29) is 29.1 Å². The molecule has 0 saturated heterocycles. The summed E-state index contributed by atoms with van der Waals surface area (Å²) in [5, 5.41) is 5.23. The van der Waals surface area contributed by atoms with E-state index in [0.29, 0.717) is 22.8 Å². The summed E-state index contributed by atoms with van der Waals surface area (Å²) >= 11 is 1.10. The Hall–Kier alpha value is -2.43. The minimum absolute atomic E-state index is 0.179. The van der Waals surface area contributed by atoms with Crippen LogP contribution in [0.25, 0.3) is 0 Å². The van der Waals surface area contributed by atoms with Gasteiger partial charge in [-0.2, -0.15) is 0 Å². The molecule has 0 aliphatic heterocycles. The molecule has 0 saturated carbocycles. The zero-order valence-electron chi connectivity index (χ0n) is 17.3. The maximum absolute atomic E-state index is 12.2. The van der Waals surface area contributed by atoms with E-state index < -0.39 is 10.0 Å². The second-order valence-corrected chi connectivity index (χ2v) is 10.2. The molecular weight excluding hydrogens is 426 g/mol. The second kappa shape index (κ2) is 11.1. The largest absolute Gasteiger partial charge is 0.494 e. The highest BCUT2D eigenvalue weighted by atomic mass is 32.2. The maximum Gasteiger partial charge on any atom is 0.252 e. The molecule has 1 aromatic heterocycles. The number of thiophene rings is 1. The monoisotopic (exact) mass is 453 g/mol. The molecule has 2 N–H and O–H groups in total. The average Bonchev–Trinajstić information content (AvgIpc) is 3.21. The summed E-state index contributed by atoms with van der Waals surface area (Å²) in [4.78, 5) is 24.9. The molecule has 0 bridgehead atoms. The first-order valence-electron chi connectivity index (χ1n) is 9.53. The summed E-state index contributed by atoms with van der Waals surface area (Å²) in [6.45, 7) is 2.73. The van der Waals surface area contributed by atoms with Crippen molar-refractivity contribution >= 4 is 33.2 Å². The van der Waals surface area contributed by atoms with Gasteiger partial charge in [0.1, 0.15) is 9.96 Å². The molecule has 8 nitrogen and oxygen atoms in total. The van der Waals surface area contributed by atoms with E-state index in [0.717, 1.165) is 28.5 Å². The Balaban J connectivity index is 1.78. The summed E-state index contributed by atoms with van der Waals surface area (Å²) in [7, 11) is -0.554. The number of sulfonamides is 1. The smallest absolute Gasteiger partial charge is 0.252 e. The molecule has 0 spiro atoms. The molecule has 0 aliphatic carbocycles. The number of rotatable bonds is 11. The fraction of sp³-hybridized carbons (Fsp3) is 0.400. The van der Waals surface area contributed by atoms with E-state index in [4.69, 9.17) is 4.74 Å². The van der Waals surface area contributed by atoms with E-state index in [1.807, 2.05) is 0 Å². The lowest BCUT2D eigenvalue weighted by Gasteiger charge is -2.09. The van der Waals surface area contributed by atoms with Crippen molar-refractivity contribution < 1.29 is 22.7 Å². The molecule has 0 fully saturated rings. The van der Waals surface area contributed by atoms with Crippen LogP contribution in [0, 0.1) is 0 Å². The summed E-state index contributed by atoms with van der Waals surface area (Å²) in [6.07, 6.45) is 2.01. The highest BCUT2D eigenvalue weighted by molar-refractivity contribution is 7.91.